The number of rotatable bonds is 9. The Morgan fingerprint density at radius 1 is 1.41 bits per heavy atom. The zero-order valence-corrected chi connectivity index (χ0v) is 18.5. The fraction of sp³-hybridized carbons (Fsp3) is 0.600. The molecule has 0 rings (SSSR count). The highest BCUT2D eigenvalue weighted by Crippen LogP contribution is 2.23. The molecule has 0 aliphatic rings. The molecule has 0 radical (unpaired) electrons. The smallest absolute Gasteiger partial charge is 0.410 e. The maximum absolute atomic E-state index is 13.0. The van der Waals surface area contributed by atoms with Crippen LogP contribution in [-0.4, -0.2) is 48.1 Å². The van der Waals surface area contributed by atoms with Crippen LogP contribution in [0.25, 0.3) is 0 Å². The van der Waals surface area contributed by atoms with Crippen LogP contribution in [0.4, 0.5) is 9.18 Å². The summed E-state index contributed by atoms with van der Waals surface area (Å²) in [5.41, 5.74) is -0.153. The molecule has 0 aromatic rings. The first-order valence-electron chi connectivity index (χ1n) is 8.97. The van der Waals surface area contributed by atoms with E-state index < -0.39 is 11.1 Å². The molecule has 1 atom stereocenters. The van der Waals surface area contributed by atoms with E-state index in [1.807, 2.05) is 34.6 Å². The van der Waals surface area contributed by atoms with Gasteiger partial charge >= 0.3 is 6.09 Å². The summed E-state index contributed by atoms with van der Waals surface area (Å²) in [6, 6.07) is 0. The van der Waals surface area contributed by atoms with E-state index in [2.05, 4.69) is 23.5 Å². The number of nitrogens with one attached hydrogen (secondary N) is 1. The van der Waals surface area contributed by atoms with Gasteiger partial charge in [0.2, 0.25) is 0 Å². The number of amidine groups is 1. The summed E-state index contributed by atoms with van der Waals surface area (Å²) in [4.78, 5) is 18.8. The van der Waals surface area contributed by atoms with Crippen molar-refractivity contribution in [3.8, 4) is 0 Å². The van der Waals surface area contributed by atoms with Crippen LogP contribution in [0.15, 0.2) is 40.4 Å². The van der Waals surface area contributed by atoms with Crippen molar-refractivity contribution in [3.63, 3.8) is 0 Å². The second kappa shape index (κ2) is 11.8. The Balaban J connectivity index is 5.04. The van der Waals surface area contributed by atoms with Crippen LogP contribution in [0.1, 0.15) is 48.0 Å². The van der Waals surface area contributed by atoms with Gasteiger partial charge in [0.1, 0.15) is 16.9 Å². The van der Waals surface area contributed by atoms with Crippen LogP contribution in [0, 0.1) is 0 Å². The number of hydrogen-bond donors (Lipinski definition) is 1. The zero-order valence-electron chi connectivity index (χ0n) is 17.7. The number of amides is 1. The Morgan fingerprint density at radius 3 is 2.44 bits per heavy atom. The lowest BCUT2D eigenvalue weighted by molar-refractivity contribution is 0.0278. The van der Waals surface area contributed by atoms with Crippen LogP contribution in [0.2, 0.25) is 0 Å². The van der Waals surface area contributed by atoms with E-state index in [-0.39, 0.29) is 12.6 Å². The SMILES string of the molecule is C=C(/C=C(\C)C(=C)NC(CN(CCC)C(=O)OC(C)(C)C)=NC)SC(C)F. The second-order valence-electron chi connectivity index (χ2n) is 7.13. The van der Waals surface area contributed by atoms with Crippen LogP contribution < -0.4 is 5.32 Å². The van der Waals surface area contributed by atoms with Crippen molar-refractivity contribution < 1.29 is 13.9 Å². The molecular weight excluding hydrogens is 365 g/mol. The average Bonchev–Trinajstić information content (AvgIpc) is 2.50. The standard InChI is InChI=1S/C20H34FN3O2S/c1-10-11-24(19(25)26-20(6,7)8)13-18(22-9)23-16(4)14(2)12-15(3)27-17(5)21/h12,17H,3-4,10-11,13H2,1-2,5-9H3,(H,22,23)/b14-12+. The van der Waals surface area contributed by atoms with Gasteiger partial charge in [0.15, 0.2) is 0 Å². The Morgan fingerprint density at radius 2 is 2.00 bits per heavy atom. The fourth-order valence-corrected chi connectivity index (χ4v) is 2.68. The number of nitrogens with zero attached hydrogens (tertiary/aromatic N) is 2. The number of ether oxygens (including phenoxy) is 1. The average molecular weight is 400 g/mol. The lowest BCUT2D eigenvalue weighted by Crippen LogP contribution is -2.43. The molecule has 7 heteroatoms. The highest BCUT2D eigenvalue weighted by atomic mass is 32.2. The van der Waals surface area contributed by atoms with Crippen LogP contribution in [0.5, 0.6) is 0 Å². The Kier molecular flexibility index (Phi) is 11.1. The molecule has 5 nitrogen and oxygen atoms in total. The summed E-state index contributed by atoms with van der Waals surface area (Å²) in [7, 11) is 1.65. The van der Waals surface area contributed by atoms with Gasteiger partial charge in [-0.1, -0.05) is 31.8 Å². The minimum Gasteiger partial charge on any atom is -0.444 e. The van der Waals surface area contributed by atoms with E-state index in [9.17, 15) is 9.18 Å². The maximum Gasteiger partial charge on any atom is 0.410 e. The molecule has 27 heavy (non-hydrogen) atoms. The number of aliphatic imine (C=N–C) groups is 1. The lowest BCUT2D eigenvalue weighted by Gasteiger charge is -2.28. The van der Waals surface area contributed by atoms with Gasteiger partial charge in [0.25, 0.3) is 0 Å². The first-order valence-corrected chi connectivity index (χ1v) is 9.85. The zero-order chi connectivity index (χ0) is 21.2. The summed E-state index contributed by atoms with van der Waals surface area (Å²) in [5.74, 6) is 0.587. The molecule has 1 N–H and O–H groups in total. The number of allylic oxidation sites excluding steroid dienone is 2. The molecule has 1 amide bonds. The van der Waals surface area contributed by atoms with Crippen molar-refractivity contribution in [2.45, 2.75) is 59.1 Å². The molecule has 0 spiro atoms. The minimum atomic E-state index is -1.02. The number of carbonyl (C=O) groups excluding carboxylic acids is 1. The second-order valence-corrected chi connectivity index (χ2v) is 8.54. The van der Waals surface area contributed by atoms with E-state index in [0.717, 1.165) is 23.8 Å². The van der Waals surface area contributed by atoms with Crippen molar-refractivity contribution in [2.75, 3.05) is 20.1 Å². The topological polar surface area (TPSA) is 53.9 Å². The minimum absolute atomic E-state index is 0.281. The largest absolute Gasteiger partial charge is 0.444 e. The normalized spacial score (nSPS) is 13.8. The quantitative estimate of drug-likeness (QED) is 0.326. The van der Waals surface area contributed by atoms with Gasteiger partial charge in [0, 0.05) is 24.2 Å². The number of halogens is 1. The molecule has 1 unspecified atom stereocenters. The number of carbonyl (C=O) groups is 1. The molecule has 0 saturated carbocycles. The van der Waals surface area contributed by atoms with Crippen molar-refractivity contribution in [1.29, 1.82) is 0 Å². The summed E-state index contributed by atoms with van der Waals surface area (Å²) in [5, 5.41) is 3.13. The predicted octanol–water partition coefficient (Wildman–Crippen LogP) is 5.27. The Bertz CT molecular complexity index is 593. The summed E-state index contributed by atoms with van der Waals surface area (Å²) >= 11 is 1.05. The van der Waals surface area contributed by atoms with Gasteiger partial charge in [-0.25, -0.2) is 9.18 Å². The van der Waals surface area contributed by atoms with Gasteiger partial charge in [-0.15, -0.1) is 0 Å². The van der Waals surface area contributed by atoms with E-state index in [0.29, 0.717) is 23.0 Å². The third-order valence-electron chi connectivity index (χ3n) is 3.22. The molecule has 0 aromatic heterocycles. The highest BCUT2D eigenvalue weighted by Gasteiger charge is 2.22. The van der Waals surface area contributed by atoms with E-state index in [4.69, 9.17) is 4.74 Å². The molecule has 0 heterocycles. The number of hydrogen-bond acceptors (Lipinski definition) is 4. The summed E-state index contributed by atoms with van der Waals surface area (Å²) in [6.45, 7) is 19.5. The van der Waals surface area contributed by atoms with E-state index in [1.165, 1.54) is 6.92 Å². The van der Waals surface area contributed by atoms with Gasteiger partial charge in [0.05, 0.1) is 6.54 Å². The molecule has 0 bridgehead atoms. The van der Waals surface area contributed by atoms with Crippen LogP contribution in [0.3, 0.4) is 0 Å². The Labute approximate surface area is 167 Å². The van der Waals surface area contributed by atoms with Crippen molar-refractivity contribution in [3.05, 3.63) is 35.4 Å². The first-order chi connectivity index (χ1) is 12.4. The third-order valence-corrected chi connectivity index (χ3v) is 3.96. The molecular formula is C20H34FN3O2S. The van der Waals surface area contributed by atoms with Gasteiger partial charge in [-0.05, 0) is 52.7 Å². The van der Waals surface area contributed by atoms with Crippen molar-refractivity contribution in [1.82, 2.24) is 10.2 Å². The molecule has 0 saturated heterocycles. The number of alkyl halides is 1. The van der Waals surface area contributed by atoms with E-state index >= 15 is 0 Å². The monoisotopic (exact) mass is 399 g/mol. The fourth-order valence-electron chi connectivity index (χ4n) is 2.02. The summed E-state index contributed by atoms with van der Waals surface area (Å²) in [6.07, 6.45) is 2.18. The first kappa shape index (κ1) is 25.2. The molecule has 0 fully saturated rings. The molecule has 0 aromatic carbocycles. The predicted molar refractivity (Wildman–Crippen MR) is 115 cm³/mol. The van der Waals surface area contributed by atoms with Crippen molar-refractivity contribution >= 4 is 23.7 Å². The van der Waals surface area contributed by atoms with E-state index in [1.54, 1.807) is 18.0 Å². The lowest BCUT2D eigenvalue weighted by atomic mass is 10.2. The highest BCUT2D eigenvalue weighted by molar-refractivity contribution is 8.03. The summed E-state index contributed by atoms with van der Waals surface area (Å²) < 4.78 is 18.5. The van der Waals surface area contributed by atoms with Crippen LogP contribution in [-0.2, 0) is 4.74 Å². The third kappa shape index (κ3) is 11.5. The van der Waals surface area contributed by atoms with Gasteiger partial charge in [-0.3, -0.25) is 4.99 Å². The molecule has 0 aliphatic carbocycles. The van der Waals surface area contributed by atoms with Crippen molar-refractivity contribution in [2.24, 2.45) is 4.99 Å². The van der Waals surface area contributed by atoms with Gasteiger partial charge in [-0.2, -0.15) is 0 Å². The number of thioether (sulfide) groups is 1. The van der Waals surface area contributed by atoms with Crippen LogP contribution >= 0.6 is 11.8 Å². The maximum atomic E-state index is 13.0. The van der Waals surface area contributed by atoms with Gasteiger partial charge < -0.3 is 15.0 Å². The molecule has 0 aliphatic heterocycles. The molecule has 154 valence electrons. The Hall–Kier alpha value is -1.76.